The molecule has 0 bridgehead atoms. The van der Waals surface area contributed by atoms with Crippen LogP contribution in [-0.2, 0) is 11.8 Å². The summed E-state index contributed by atoms with van der Waals surface area (Å²) in [6.45, 7) is 7.67. The molecule has 0 N–H and O–H groups in total. The van der Waals surface area contributed by atoms with Crippen molar-refractivity contribution in [2.75, 3.05) is 6.61 Å². The van der Waals surface area contributed by atoms with E-state index >= 15 is 0 Å². The van der Waals surface area contributed by atoms with E-state index in [-0.39, 0.29) is 5.41 Å². The van der Waals surface area contributed by atoms with Crippen LogP contribution in [0.25, 0.3) is 0 Å². The van der Waals surface area contributed by atoms with E-state index in [1.165, 1.54) is 17.5 Å². The number of benzene rings is 1. The van der Waals surface area contributed by atoms with E-state index in [4.69, 9.17) is 4.74 Å². The topological polar surface area (TPSA) is 9.23 Å². The third kappa shape index (κ3) is 2.01. The monoisotopic (exact) mass is 204 g/mol. The molecule has 0 radical (unpaired) electrons. The van der Waals surface area contributed by atoms with E-state index < -0.39 is 0 Å². The maximum absolute atomic E-state index is 5.75. The minimum absolute atomic E-state index is 0.276. The van der Waals surface area contributed by atoms with Crippen molar-refractivity contribution in [1.82, 2.24) is 0 Å². The lowest BCUT2D eigenvalue weighted by molar-refractivity contribution is 0.234. The van der Waals surface area contributed by atoms with E-state index in [1.54, 1.807) is 0 Å². The molecule has 0 atom stereocenters. The quantitative estimate of drug-likeness (QED) is 0.713. The van der Waals surface area contributed by atoms with Gasteiger partial charge in [0.1, 0.15) is 5.75 Å². The van der Waals surface area contributed by atoms with Crippen LogP contribution in [-0.4, -0.2) is 6.61 Å². The molecule has 1 aromatic rings. The molecule has 0 unspecified atom stereocenters. The average molecular weight is 204 g/mol. The molecule has 1 heteroatoms. The number of ether oxygens (including phenoxy) is 1. The molecule has 2 rings (SSSR count). The number of fused-ring (bicyclic) bond motifs is 1. The fourth-order valence-electron chi connectivity index (χ4n) is 2.24. The highest BCUT2D eigenvalue weighted by atomic mass is 16.5. The molecule has 1 aromatic carbocycles. The lowest BCUT2D eigenvalue weighted by Crippen LogP contribution is -2.26. The molecular weight excluding hydrogens is 184 g/mol. The summed E-state index contributed by atoms with van der Waals surface area (Å²) in [5.74, 6) is 1.11. The van der Waals surface area contributed by atoms with Crippen LogP contribution in [0.4, 0.5) is 0 Å². The van der Waals surface area contributed by atoms with Crippen LogP contribution < -0.4 is 4.74 Å². The second-order valence-corrected chi connectivity index (χ2v) is 5.06. The molecule has 0 fully saturated rings. The summed E-state index contributed by atoms with van der Waals surface area (Å²) in [4.78, 5) is 0. The Morgan fingerprint density at radius 2 is 2.13 bits per heavy atom. The second-order valence-electron chi connectivity index (χ2n) is 5.06. The summed E-state index contributed by atoms with van der Waals surface area (Å²) >= 11 is 0. The van der Waals surface area contributed by atoms with Gasteiger partial charge in [-0.3, -0.25) is 0 Å². The van der Waals surface area contributed by atoms with Crippen molar-refractivity contribution in [3.63, 3.8) is 0 Å². The van der Waals surface area contributed by atoms with Crippen LogP contribution in [0.15, 0.2) is 18.2 Å². The zero-order chi connectivity index (χ0) is 10.9. The zero-order valence-electron chi connectivity index (χ0n) is 9.97. The molecule has 0 aliphatic carbocycles. The molecule has 1 nitrogen and oxygen atoms in total. The first-order valence-corrected chi connectivity index (χ1v) is 5.90. The zero-order valence-corrected chi connectivity index (χ0v) is 9.97. The summed E-state index contributed by atoms with van der Waals surface area (Å²) in [5.41, 5.74) is 3.04. The summed E-state index contributed by atoms with van der Waals surface area (Å²) in [6, 6.07) is 6.72. The average Bonchev–Trinajstić information content (AvgIpc) is 2.17. The molecule has 0 spiro atoms. The van der Waals surface area contributed by atoms with Crippen LogP contribution in [0.3, 0.4) is 0 Å². The summed E-state index contributed by atoms with van der Waals surface area (Å²) in [5, 5.41) is 0. The highest BCUT2D eigenvalue weighted by Gasteiger charge is 2.28. The first-order chi connectivity index (χ1) is 7.13. The first-order valence-electron chi connectivity index (χ1n) is 5.90. The smallest absolute Gasteiger partial charge is 0.123 e. The van der Waals surface area contributed by atoms with E-state index in [2.05, 4.69) is 39.0 Å². The van der Waals surface area contributed by atoms with Gasteiger partial charge in [-0.25, -0.2) is 0 Å². The largest absolute Gasteiger partial charge is 0.493 e. The molecule has 1 aliphatic heterocycles. The van der Waals surface area contributed by atoms with E-state index in [9.17, 15) is 0 Å². The fraction of sp³-hybridized carbons (Fsp3) is 0.571. The predicted octanol–water partition coefficient (Wildman–Crippen LogP) is 3.70. The number of rotatable bonds is 2. The van der Waals surface area contributed by atoms with E-state index in [0.29, 0.717) is 0 Å². The number of aryl methyl sites for hydroxylation is 1. The van der Waals surface area contributed by atoms with Gasteiger partial charge in [-0.05, 0) is 35.4 Å². The normalized spacial score (nSPS) is 18.1. The van der Waals surface area contributed by atoms with Gasteiger partial charge < -0.3 is 4.74 Å². The van der Waals surface area contributed by atoms with Gasteiger partial charge in [-0.2, -0.15) is 0 Å². The predicted molar refractivity (Wildman–Crippen MR) is 63.6 cm³/mol. The highest BCUT2D eigenvalue weighted by molar-refractivity contribution is 5.43. The van der Waals surface area contributed by atoms with Crippen LogP contribution in [0, 0.1) is 0 Å². The molecular formula is C14H20O. The third-order valence-electron chi connectivity index (χ3n) is 3.30. The lowest BCUT2D eigenvalue weighted by atomic mass is 9.79. The number of hydrogen-bond acceptors (Lipinski definition) is 1. The van der Waals surface area contributed by atoms with Crippen molar-refractivity contribution >= 4 is 0 Å². The van der Waals surface area contributed by atoms with Crippen LogP contribution >= 0.6 is 0 Å². The van der Waals surface area contributed by atoms with Crippen molar-refractivity contribution in [2.24, 2.45) is 0 Å². The van der Waals surface area contributed by atoms with Crippen LogP contribution in [0.5, 0.6) is 5.75 Å². The summed E-state index contributed by atoms with van der Waals surface area (Å²) in [6.07, 6.45) is 3.46. The number of hydrogen-bond donors (Lipinski definition) is 0. The third-order valence-corrected chi connectivity index (χ3v) is 3.30. The van der Waals surface area contributed by atoms with Crippen molar-refractivity contribution < 1.29 is 4.74 Å². The Bertz CT molecular complexity index is 352. The Labute approximate surface area is 92.5 Å². The fourth-order valence-corrected chi connectivity index (χ4v) is 2.24. The molecule has 0 saturated heterocycles. The Morgan fingerprint density at radius 3 is 2.87 bits per heavy atom. The van der Waals surface area contributed by atoms with Crippen molar-refractivity contribution in [3.8, 4) is 5.75 Å². The van der Waals surface area contributed by atoms with Gasteiger partial charge in [0.2, 0.25) is 0 Å². The maximum Gasteiger partial charge on any atom is 0.123 e. The van der Waals surface area contributed by atoms with Gasteiger partial charge in [0.05, 0.1) is 6.61 Å². The second kappa shape index (κ2) is 3.88. The molecule has 1 aliphatic rings. The van der Waals surface area contributed by atoms with E-state index in [0.717, 1.165) is 25.2 Å². The van der Waals surface area contributed by atoms with E-state index in [1.807, 2.05) is 0 Å². The summed E-state index contributed by atoms with van der Waals surface area (Å²) < 4.78 is 5.75. The van der Waals surface area contributed by atoms with Crippen molar-refractivity contribution in [1.29, 1.82) is 0 Å². The van der Waals surface area contributed by atoms with Gasteiger partial charge in [0, 0.05) is 0 Å². The van der Waals surface area contributed by atoms with Gasteiger partial charge in [0.25, 0.3) is 0 Å². The maximum atomic E-state index is 5.75. The minimum Gasteiger partial charge on any atom is -0.493 e. The van der Waals surface area contributed by atoms with Gasteiger partial charge in [-0.15, -0.1) is 0 Å². The molecule has 82 valence electrons. The first kappa shape index (κ1) is 10.5. The Morgan fingerprint density at radius 1 is 1.33 bits per heavy atom. The van der Waals surface area contributed by atoms with Gasteiger partial charge in [-0.1, -0.05) is 39.3 Å². The molecule has 15 heavy (non-hydrogen) atoms. The Hall–Kier alpha value is -0.980. The molecule has 0 amide bonds. The molecule has 1 heterocycles. The van der Waals surface area contributed by atoms with Crippen molar-refractivity contribution in [2.45, 2.75) is 45.4 Å². The van der Waals surface area contributed by atoms with Crippen molar-refractivity contribution in [3.05, 3.63) is 29.3 Å². The SMILES string of the molecule is CCCc1ccc2c(c1)OCCC2(C)C. The minimum atomic E-state index is 0.276. The van der Waals surface area contributed by atoms with Crippen LogP contribution in [0.1, 0.15) is 44.7 Å². The van der Waals surface area contributed by atoms with Gasteiger partial charge in [0.15, 0.2) is 0 Å². The molecule has 0 saturated carbocycles. The highest BCUT2D eigenvalue weighted by Crippen LogP contribution is 2.38. The summed E-state index contributed by atoms with van der Waals surface area (Å²) in [7, 11) is 0. The van der Waals surface area contributed by atoms with Gasteiger partial charge >= 0.3 is 0 Å². The Kier molecular flexibility index (Phi) is 2.72. The Balaban J connectivity index is 2.36. The molecule has 0 aromatic heterocycles. The van der Waals surface area contributed by atoms with Crippen LogP contribution in [0.2, 0.25) is 0 Å². The standard InChI is InChI=1S/C14H20O/c1-4-5-11-6-7-12-13(10-11)15-9-8-14(12,2)3/h6-7,10H,4-5,8-9H2,1-3H3. The lowest BCUT2D eigenvalue weighted by Gasteiger charge is -2.32.